The summed E-state index contributed by atoms with van der Waals surface area (Å²) in [7, 11) is 0. The third-order valence-corrected chi connectivity index (χ3v) is 14.4. The minimum absolute atomic E-state index is 0.00421. The Morgan fingerprint density at radius 2 is 1.11 bits per heavy atom. The Morgan fingerprint density at radius 3 is 1.64 bits per heavy atom. The number of nitrogens with zero attached hydrogens (tertiary/aromatic N) is 4. The molecule has 7 amide bonds. The molecule has 25 nitrogen and oxygen atoms in total. The van der Waals surface area contributed by atoms with E-state index in [-0.39, 0.29) is 87.0 Å². The van der Waals surface area contributed by atoms with Crippen molar-refractivity contribution in [3.8, 4) is 28.5 Å². The molecule has 2 aromatic heterocycles. The number of aromatic hydroxyl groups is 3. The lowest BCUT2D eigenvalue weighted by Gasteiger charge is -2.29. The molecule has 0 saturated heterocycles. The number of carbonyl (C=O) groups excluding carboxylic acids is 7. The van der Waals surface area contributed by atoms with Crippen LogP contribution in [0.3, 0.4) is 0 Å². The van der Waals surface area contributed by atoms with E-state index < -0.39 is 89.5 Å². The highest BCUT2D eigenvalue weighted by Crippen LogP contribution is 2.30. The number of phenols is 3. The molecule has 6 aromatic rings. The number of nitrogens with one attached hydrogen (secondary N) is 7. The number of nitrogen functional groups attached to an aromatic ring is 1. The second-order valence-electron chi connectivity index (χ2n) is 20.4. The lowest BCUT2D eigenvalue weighted by atomic mass is 9.96. The number of unbranched alkanes of at least 4 members (excludes halogenated alkanes) is 1. The Labute approximate surface area is 495 Å². The molecule has 0 radical (unpaired) electrons. The average Bonchev–Trinajstić information content (AvgIpc) is 2.88. The van der Waals surface area contributed by atoms with Crippen molar-refractivity contribution in [2.75, 3.05) is 24.6 Å². The van der Waals surface area contributed by atoms with Crippen molar-refractivity contribution >= 4 is 76.8 Å². The molecule has 0 aliphatic carbocycles. The number of carboxylic acid groups (broad SMARTS) is 1. The summed E-state index contributed by atoms with van der Waals surface area (Å²) >= 11 is 4.32. The minimum Gasteiger partial charge on any atom is -0.508 e. The molecule has 7 atom stereocenters. The zero-order valence-corrected chi connectivity index (χ0v) is 48.0. The number of fused-ring (bicyclic) bond motifs is 1. The van der Waals surface area contributed by atoms with E-state index in [1.165, 1.54) is 83.8 Å². The van der Waals surface area contributed by atoms with Gasteiger partial charge in [-0.1, -0.05) is 87.0 Å². The summed E-state index contributed by atoms with van der Waals surface area (Å²) in [6.07, 6.45) is 1.97. The number of benzene rings is 4. The summed E-state index contributed by atoms with van der Waals surface area (Å²) in [5.41, 5.74) is 15.1. The van der Waals surface area contributed by atoms with Gasteiger partial charge in [0.25, 0.3) is 0 Å². The van der Waals surface area contributed by atoms with E-state index in [0.29, 0.717) is 52.7 Å². The molecule has 452 valence electrons. The van der Waals surface area contributed by atoms with E-state index in [1.54, 1.807) is 13.8 Å². The molecule has 2 heterocycles. The average molecular weight is 1190 g/mol. The monoisotopic (exact) mass is 1190 g/mol. The van der Waals surface area contributed by atoms with Crippen molar-refractivity contribution in [1.29, 1.82) is 0 Å². The lowest BCUT2D eigenvalue weighted by Crippen LogP contribution is -2.61. The van der Waals surface area contributed by atoms with Gasteiger partial charge in [0.05, 0.1) is 5.39 Å². The Hall–Kier alpha value is -9.30. The third-order valence-electron chi connectivity index (χ3n) is 14.0. The van der Waals surface area contributed by atoms with E-state index in [9.17, 15) is 58.8 Å². The lowest BCUT2D eigenvalue weighted by molar-refractivity contribution is -0.142. The molecule has 0 aliphatic rings. The maximum Gasteiger partial charge on any atom is 0.326 e. The van der Waals surface area contributed by atoms with E-state index in [1.807, 2.05) is 30.3 Å². The highest BCUT2D eigenvalue weighted by molar-refractivity contribution is 7.80. The molecule has 0 aliphatic heterocycles. The van der Waals surface area contributed by atoms with Gasteiger partial charge in [-0.2, -0.15) is 17.7 Å². The van der Waals surface area contributed by atoms with Crippen LogP contribution in [0.15, 0.2) is 109 Å². The standard InChI is InChI=1S/C59H73N13O12S/c1-3-34(2)50(70-57(81)46(32-85)65-47(76)13-9-27-62-48(77)31-72-53-49(52(61)63-33-64-53)51(71-72)38-10-5-4-6-11-38)58(82)68-44(29-36-16-22-40(74)23-17-36)55(79)66-42(12-7-8-26-60)54(78)67-43(28-35-14-20-39(73)21-15-35)56(80)69-45(59(83)84)30-37-18-24-41(75)25-19-37/h4-6,10-11,14-25,33-34,42-46,50,73-75,85H,3,7-9,12-13,26-32,60H2,1-2H3,(H,62,77)(H,65,76)(H,66,79)(H,67,78)(H,68,82)(H,69,80)(H,70,81)(H,83,84)(H2,61,63,64)/t34-,42-,43-,44-,45-,46-,50-/m0/s1. The Balaban J connectivity index is 1.12. The smallest absolute Gasteiger partial charge is 0.326 e. The maximum absolute atomic E-state index is 14.6. The number of hydrogen-bond acceptors (Lipinski definition) is 17. The van der Waals surface area contributed by atoms with Crippen LogP contribution in [0.5, 0.6) is 17.2 Å². The van der Waals surface area contributed by atoms with Crippen LogP contribution in [0.25, 0.3) is 22.3 Å². The fourth-order valence-corrected chi connectivity index (χ4v) is 9.34. The van der Waals surface area contributed by atoms with Gasteiger partial charge in [0.2, 0.25) is 41.4 Å². The fourth-order valence-electron chi connectivity index (χ4n) is 9.09. The van der Waals surface area contributed by atoms with Gasteiger partial charge < -0.3 is 69.1 Å². The van der Waals surface area contributed by atoms with Crippen molar-refractivity contribution in [3.05, 3.63) is 126 Å². The van der Waals surface area contributed by atoms with E-state index in [0.717, 1.165) is 5.56 Å². The topological polar surface area (TPSA) is 397 Å². The Kier molecular flexibility index (Phi) is 24.4. The van der Waals surface area contributed by atoms with Gasteiger partial charge in [0, 0.05) is 43.5 Å². The highest BCUT2D eigenvalue weighted by Gasteiger charge is 2.35. The van der Waals surface area contributed by atoms with Crippen molar-refractivity contribution in [2.45, 2.75) is 114 Å². The van der Waals surface area contributed by atoms with Gasteiger partial charge in [0.1, 0.15) is 77.9 Å². The zero-order valence-electron chi connectivity index (χ0n) is 47.1. The Morgan fingerprint density at radius 1 is 0.600 bits per heavy atom. The summed E-state index contributed by atoms with van der Waals surface area (Å²) in [4.78, 5) is 119. The van der Waals surface area contributed by atoms with Gasteiger partial charge >= 0.3 is 5.97 Å². The predicted molar refractivity (Wildman–Crippen MR) is 318 cm³/mol. The second kappa shape index (κ2) is 31.9. The van der Waals surface area contributed by atoms with Crippen LogP contribution in [-0.2, 0) is 64.2 Å². The quantitative estimate of drug-likeness (QED) is 0.0212. The van der Waals surface area contributed by atoms with Crippen molar-refractivity contribution in [1.82, 2.24) is 57.0 Å². The summed E-state index contributed by atoms with van der Waals surface area (Å²) in [6, 6.07) is 18.4. The van der Waals surface area contributed by atoms with Gasteiger partial charge in [-0.25, -0.2) is 19.4 Å². The molecule has 0 saturated carbocycles. The molecule has 15 N–H and O–H groups in total. The summed E-state index contributed by atoms with van der Waals surface area (Å²) in [6.45, 7) is 3.62. The van der Waals surface area contributed by atoms with Crippen LogP contribution in [-0.4, -0.2) is 143 Å². The number of nitrogens with two attached hydrogens (primary N) is 2. The SMILES string of the molecule is CC[C@H](C)[C@H](NC(=O)[C@H](CS)NC(=O)CCCNC(=O)Cn1nc(-c2ccccc2)c2c(N)ncnc21)C(=O)N[C@@H](Cc1ccc(O)cc1)C(=O)N[C@@H](CCCCN)C(=O)N[C@@H](Cc1ccc(O)cc1)C(=O)N[C@@H](Cc1ccc(O)cc1)C(=O)O. The zero-order chi connectivity index (χ0) is 61.6. The largest absolute Gasteiger partial charge is 0.508 e. The number of hydrogen-bond donors (Lipinski definition) is 14. The number of aromatic nitrogens is 4. The molecule has 0 fully saturated rings. The van der Waals surface area contributed by atoms with Gasteiger partial charge in [-0.15, -0.1) is 0 Å². The molecule has 6 rings (SSSR count). The molecule has 4 aromatic carbocycles. The van der Waals surface area contributed by atoms with Crippen LogP contribution in [0, 0.1) is 5.92 Å². The first kappa shape index (κ1) is 64.9. The molecule has 85 heavy (non-hydrogen) atoms. The summed E-state index contributed by atoms with van der Waals surface area (Å²) < 4.78 is 1.42. The first-order chi connectivity index (χ1) is 40.8. The number of thiol groups is 1. The number of amides is 7. The predicted octanol–water partition coefficient (Wildman–Crippen LogP) is 1.92. The minimum atomic E-state index is -1.47. The number of anilines is 1. The van der Waals surface area contributed by atoms with E-state index in [2.05, 4.69) is 64.9 Å². The summed E-state index contributed by atoms with van der Waals surface area (Å²) in [5.74, 6) is -7.10. The number of rotatable bonds is 32. The number of aliphatic carboxylic acids is 1. The van der Waals surface area contributed by atoms with Gasteiger partial charge in [-0.05, 0) is 91.2 Å². The van der Waals surface area contributed by atoms with Crippen molar-refractivity contribution in [2.24, 2.45) is 11.7 Å². The van der Waals surface area contributed by atoms with E-state index >= 15 is 0 Å². The molecular formula is C59H73N13O12S. The molecule has 0 spiro atoms. The van der Waals surface area contributed by atoms with Crippen LogP contribution in [0.4, 0.5) is 5.82 Å². The van der Waals surface area contributed by atoms with E-state index in [4.69, 9.17) is 11.5 Å². The van der Waals surface area contributed by atoms with Crippen LogP contribution >= 0.6 is 12.6 Å². The highest BCUT2D eigenvalue weighted by atomic mass is 32.1. The van der Waals surface area contributed by atoms with Crippen LogP contribution < -0.4 is 48.7 Å². The second-order valence-corrected chi connectivity index (χ2v) is 20.8. The van der Waals surface area contributed by atoms with Gasteiger partial charge in [0.15, 0.2) is 5.65 Å². The molecule has 0 bridgehead atoms. The van der Waals surface area contributed by atoms with Crippen molar-refractivity contribution < 1.29 is 58.8 Å². The maximum atomic E-state index is 14.6. The van der Waals surface area contributed by atoms with Gasteiger partial charge in [-0.3, -0.25) is 33.6 Å². The number of carboxylic acids is 1. The first-order valence-corrected chi connectivity index (χ1v) is 28.4. The summed E-state index contributed by atoms with van der Waals surface area (Å²) in [5, 5.41) is 63.8. The third kappa shape index (κ3) is 19.4. The molecule has 26 heteroatoms. The normalized spacial score (nSPS) is 13.6. The van der Waals surface area contributed by atoms with Crippen LogP contribution in [0.1, 0.15) is 69.1 Å². The van der Waals surface area contributed by atoms with Crippen molar-refractivity contribution in [3.63, 3.8) is 0 Å². The fraction of sp³-hybridized carbons (Fsp3) is 0.373. The number of phenolic OH excluding ortho intramolecular Hbond substituents is 3. The first-order valence-electron chi connectivity index (χ1n) is 27.7. The number of carbonyl (C=O) groups is 8. The van der Waals surface area contributed by atoms with Crippen LogP contribution in [0.2, 0.25) is 0 Å². The molecular weight excluding hydrogens is 1110 g/mol. The molecule has 0 unspecified atom stereocenters. The Bertz CT molecular complexity index is 3240.